The van der Waals surface area contributed by atoms with Crippen LogP contribution in [0.3, 0.4) is 0 Å². The number of benzene rings is 2. The second-order valence-corrected chi connectivity index (χ2v) is 6.92. The lowest BCUT2D eigenvalue weighted by Crippen LogP contribution is -2.37. The molecular weight excluding hydrogens is 294 g/mol. The Balaban J connectivity index is 2.22. The Labute approximate surface area is 144 Å². The van der Waals surface area contributed by atoms with Gasteiger partial charge >= 0.3 is 0 Å². The number of rotatable bonds is 4. The van der Waals surface area contributed by atoms with Gasteiger partial charge in [0.15, 0.2) is 0 Å². The third-order valence-electron chi connectivity index (χ3n) is 5.13. The molecule has 0 aromatic heterocycles. The Hall–Kier alpha value is -2.39. The van der Waals surface area contributed by atoms with Crippen LogP contribution in [0, 0.1) is 5.41 Å². The number of nitrogens with one attached hydrogen (secondary N) is 1. The first-order chi connectivity index (χ1) is 11.5. The maximum atomic E-state index is 7.90. The van der Waals surface area contributed by atoms with Crippen molar-refractivity contribution in [1.82, 2.24) is 4.90 Å². The summed E-state index contributed by atoms with van der Waals surface area (Å²) in [5, 5.41) is 7.90. The summed E-state index contributed by atoms with van der Waals surface area (Å²) in [6, 6.07) is 16.5. The van der Waals surface area contributed by atoms with Crippen LogP contribution < -0.4 is 5.73 Å². The molecule has 0 radical (unpaired) electrons. The first kappa shape index (κ1) is 16.5. The highest BCUT2D eigenvalue weighted by molar-refractivity contribution is 5.89. The molecule has 3 heteroatoms. The zero-order valence-corrected chi connectivity index (χ0v) is 14.6. The highest BCUT2D eigenvalue weighted by atomic mass is 15.2. The van der Waals surface area contributed by atoms with Gasteiger partial charge in [0.2, 0.25) is 0 Å². The minimum atomic E-state index is -0.347. The van der Waals surface area contributed by atoms with Gasteiger partial charge in [-0.1, -0.05) is 69.3 Å². The molecule has 1 atom stereocenters. The van der Waals surface area contributed by atoms with Crippen molar-refractivity contribution < 1.29 is 0 Å². The van der Waals surface area contributed by atoms with Crippen molar-refractivity contribution in [3.63, 3.8) is 0 Å². The summed E-state index contributed by atoms with van der Waals surface area (Å²) in [5.41, 5.74) is 12.3. The molecule has 24 heavy (non-hydrogen) atoms. The highest BCUT2D eigenvalue weighted by Gasteiger charge is 2.31. The van der Waals surface area contributed by atoms with Gasteiger partial charge in [-0.3, -0.25) is 5.41 Å². The summed E-state index contributed by atoms with van der Waals surface area (Å²) in [7, 11) is 0. The molecule has 0 bridgehead atoms. The first-order valence-corrected chi connectivity index (χ1v) is 8.44. The third-order valence-corrected chi connectivity index (χ3v) is 5.13. The predicted molar refractivity (Wildman–Crippen MR) is 102 cm³/mol. The lowest BCUT2D eigenvalue weighted by molar-refractivity contribution is 0.425. The van der Waals surface area contributed by atoms with Gasteiger partial charge in [0.1, 0.15) is 6.17 Å². The number of hydrogen-bond acceptors (Lipinski definition) is 2. The van der Waals surface area contributed by atoms with Gasteiger partial charge in [0.25, 0.3) is 0 Å². The van der Waals surface area contributed by atoms with E-state index in [1.807, 2.05) is 23.1 Å². The average molecular weight is 319 g/mol. The van der Waals surface area contributed by atoms with E-state index in [0.29, 0.717) is 0 Å². The molecule has 3 nitrogen and oxygen atoms in total. The second kappa shape index (κ2) is 6.25. The molecule has 2 aromatic rings. The number of nitrogens with two attached hydrogens (primary N) is 1. The minimum Gasteiger partial charge on any atom is -0.312 e. The van der Waals surface area contributed by atoms with Crippen molar-refractivity contribution in [2.45, 2.75) is 38.8 Å². The van der Waals surface area contributed by atoms with E-state index in [2.05, 4.69) is 57.2 Å². The molecule has 0 saturated heterocycles. The van der Waals surface area contributed by atoms with Crippen LogP contribution in [-0.2, 0) is 5.41 Å². The smallest absolute Gasteiger partial charge is 0.110 e. The maximum Gasteiger partial charge on any atom is 0.110 e. The van der Waals surface area contributed by atoms with Crippen LogP contribution in [0.1, 0.15) is 55.6 Å². The average Bonchev–Trinajstić information content (AvgIpc) is 2.61. The van der Waals surface area contributed by atoms with Gasteiger partial charge in [-0.2, -0.15) is 0 Å². The van der Waals surface area contributed by atoms with Crippen LogP contribution in [0.5, 0.6) is 0 Å². The summed E-state index contributed by atoms with van der Waals surface area (Å²) in [6.07, 6.45) is 4.17. The lowest BCUT2D eigenvalue weighted by atomic mass is 9.76. The standard InChI is InChI=1S/C21H25N3/c1-4-21(2,3)17-12-8-11-16-13-18(15-9-6-5-7-10-15)24(14-22)20(23)19(16)17/h5-14,20,22H,4,23H2,1-3H3. The van der Waals surface area contributed by atoms with E-state index in [0.717, 1.165) is 28.8 Å². The molecule has 1 aliphatic heterocycles. The molecule has 2 aromatic carbocycles. The van der Waals surface area contributed by atoms with Gasteiger partial charge in [-0.05, 0) is 34.6 Å². The van der Waals surface area contributed by atoms with Crippen molar-refractivity contribution in [1.29, 1.82) is 5.41 Å². The quantitative estimate of drug-likeness (QED) is 0.631. The molecule has 0 amide bonds. The molecule has 1 heterocycles. The van der Waals surface area contributed by atoms with Crippen LogP contribution in [0.2, 0.25) is 0 Å². The van der Waals surface area contributed by atoms with Crippen molar-refractivity contribution in [2.24, 2.45) is 5.73 Å². The third kappa shape index (κ3) is 2.65. The van der Waals surface area contributed by atoms with Gasteiger partial charge in [-0.25, -0.2) is 0 Å². The normalized spacial score (nSPS) is 17.2. The van der Waals surface area contributed by atoms with Crippen molar-refractivity contribution in [3.05, 3.63) is 70.8 Å². The molecule has 0 spiro atoms. The Bertz CT molecular complexity index is 775. The summed E-state index contributed by atoms with van der Waals surface area (Å²) in [5.74, 6) is 0. The Morgan fingerprint density at radius 2 is 1.83 bits per heavy atom. The van der Waals surface area contributed by atoms with Crippen LogP contribution in [-0.4, -0.2) is 11.2 Å². The van der Waals surface area contributed by atoms with E-state index in [1.54, 1.807) is 0 Å². The number of hydrogen-bond donors (Lipinski definition) is 2. The van der Waals surface area contributed by atoms with Crippen LogP contribution in [0.4, 0.5) is 0 Å². The molecule has 0 saturated carbocycles. The molecule has 1 unspecified atom stereocenters. The van der Waals surface area contributed by atoms with Crippen LogP contribution >= 0.6 is 0 Å². The zero-order chi connectivity index (χ0) is 17.3. The maximum absolute atomic E-state index is 7.90. The van der Waals surface area contributed by atoms with Crippen molar-refractivity contribution in [3.8, 4) is 0 Å². The first-order valence-electron chi connectivity index (χ1n) is 8.44. The molecule has 124 valence electrons. The Morgan fingerprint density at radius 1 is 1.12 bits per heavy atom. The lowest BCUT2D eigenvalue weighted by Gasteiger charge is -2.38. The fourth-order valence-electron chi connectivity index (χ4n) is 3.32. The van der Waals surface area contributed by atoms with E-state index >= 15 is 0 Å². The minimum absolute atomic E-state index is 0.0503. The number of fused-ring (bicyclic) bond motifs is 1. The second-order valence-electron chi connectivity index (χ2n) is 6.92. The monoisotopic (exact) mass is 319 g/mol. The van der Waals surface area contributed by atoms with E-state index in [9.17, 15) is 0 Å². The summed E-state index contributed by atoms with van der Waals surface area (Å²) < 4.78 is 0. The summed E-state index contributed by atoms with van der Waals surface area (Å²) in [4.78, 5) is 1.85. The van der Waals surface area contributed by atoms with Gasteiger partial charge in [0.05, 0.1) is 12.0 Å². The van der Waals surface area contributed by atoms with Crippen molar-refractivity contribution >= 4 is 18.1 Å². The zero-order valence-electron chi connectivity index (χ0n) is 14.6. The van der Waals surface area contributed by atoms with Gasteiger partial charge in [-0.15, -0.1) is 0 Å². The van der Waals surface area contributed by atoms with E-state index in [4.69, 9.17) is 11.1 Å². The fraction of sp³-hybridized carbons (Fsp3) is 0.286. The topological polar surface area (TPSA) is 53.1 Å². The van der Waals surface area contributed by atoms with E-state index in [-0.39, 0.29) is 11.6 Å². The van der Waals surface area contributed by atoms with Crippen LogP contribution in [0.25, 0.3) is 11.8 Å². The van der Waals surface area contributed by atoms with E-state index in [1.165, 1.54) is 11.9 Å². The van der Waals surface area contributed by atoms with E-state index < -0.39 is 0 Å². The van der Waals surface area contributed by atoms with Gasteiger partial charge < -0.3 is 10.6 Å². The van der Waals surface area contributed by atoms with Crippen LogP contribution in [0.15, 0.2) is 48.5 Å². The van der Waals surface area contributed by atoms with Crippen molar-refractivity contribution in [2.75, 3.05) is 0 Å². The SMILES string of the molecule is CCC(C)(C)c1cccc2c1C(N)N(C=N)C(c1ccccc1)=C2. The Morgan fingerprint density at radius 3 is 2.46 bits per heavy atom. The largest absolute Gasteiger partial charge is 0.312 e. The molecular formula is C21H25N3. The molecule has 0 aliphatic carbocycles. The molecule has 1 aliphatic rings. The summed E-state index contributed by atoms with van der Waals surface area (Å²) in [6.45, 7) is 6.70. The fourth-order valence-corrected chi connectivity index (χ4v) is 3.32. The molecule has 3 N–H and O–H groups in total. The number of nitrogens with zero attached hydrogens (tertiary/aromatic N) is 1. The summed E-state index contributed by atoms with van der Waals surface area (Å²) >= 11 is 0. The Kier molecular flexibility index (Phi) is 4.29. The highest BCUT2D eigenvalue weighted by Crippen LogP contribution is 2.41. The molecule has 3 rings (SSSR count). The molecule has 0 fully saturated rings. The van der Waals surface area contributed by atoms with Gasteiger partial charge in [0, 0.05) is 5.56 Å². The predicted octanol–water partition coefficient (Wildman–Crippen LogP) is 4.75.